The third kappa shape index (κ3) is 2.97. The molecule has 0 unspecified atom stereocenters. The fourth-order valence-electron chi connectivity index (χ4n) is 1.57. The molecule has 0 bridgehead atoms. The molecule has 0 aliphatic rings. The van der Waals surface area contributed by atoms with Crippen molar-refractivity contribution in [1.82, 2.24) is 20.2 Å². The summed E-state index contributed by atoms with van der Waals surface area (Å²) in [6.45, 7) is 7.05. The first kappa shape index (κ1) is 12.3. The SMILES string of the molecule is CCOc1cc(C)nc(NCc2cn[nH]c2C)n1. The maximum absolute atomic E-state index is 5.38. The summed E-state index contributed by atoms with van der Waals surface area (Å²) in [6, 6.07) is 1.82. The second kappa shape index (κ2) is 5.48. The van der Waals surface area contributed by atoms with Crippen molar-refractivity contribution in [1.29, 1.82) is 0 Å². The molecule has 18 heavy (non-hydrogen) atoms. The Morgan fingerprint density at radius 2 is 2.17 bits per heavy atom. The Hall–Kier alpha value is -2.11. The molecule has 0 aliphatic carbocycles. The van der Waals surface area contributed by atoms with E-state index in [0.29, 0.717) is 25.0 Å². The Bertz CT molecular complexity index is 523. The normalized spacial score (nSPS) is 10.4. The van der Waals surface area contributed by atoms with Crippen LogP contribution in [0.1, 0.15) is 23.9 Å². The molecule has 0 spiro atoms. The van der Waals surface area contributed by atoms with Crippen molar-refractivity contribution in [3.8, 4) is 5.88 Å². The van der Waals surface area contributed by atoms with Crippen LogP contribution in [0.4, 0.5) is 5.95 Å². The molecule has 2 rings (SSSR count). The smallest absolute Gasteiger partial charge is 0.226 e. The highest BCUT2D eigenvalue weighted by Crippen LogP contribution is 2.13. The molecule has 0 atom stereocenters. The van der Waals surface area contributed by atoms with Gasteiger partial charge in [0.25, 0.3) is 0 Å². The van der Waals surface area contributed by atoms with Gasteiger partial charge in [-0.05, 0) is 20.8 Å². The molecule has 0 saturated heterocycles. The average Bonchev–Trinajstić information content (AvgIpc) is 2.72. The van der Waals surface area contributed by atoms with E-state index in [0.717, 1.165) is 17.0 Å². The van der Waals surface area contributed by atoms with Crippen molar-refractivity contribution in [3.63, 3.8) is 0 Å². The highest BCUT2D eigenvalue weighted by Gasteiger charge is 2.04. The van der Waals surface area contributed by atoms with Crippen molar-refractivity contribution in [2.24, 2.45) is 0 Å². The minimum Gasteiger partial charge on any atom is -0.478 e. The first-order valence-electron chi connectivity index (χ1n) is 5.90. The summed E-state index contributed by atoms with van der Waals surface area (Å²) in [5, 5.41) is 10.0. The molecule has 0 amide bonds. The Kier molecular flexibility index (Phi) is 3.76. The summed E-state index contributed by atoms with van der Waals surface area (Å²) >= 11 is 0. The molecule has 2 aromatic rings. The van der Waals surface area contributed by atoms with Crippen LogP contribution in [0.2, 0.25) is 0 Å². The number of anilines is 1. The van der Waals surface area contributed by atoms with E-state index in [-0.39, 0.29) is 0 Å². The van der Waals surface area contributed by atoms with Crippen LogP contribution in [-0.4, -0.2) is 26.8 Å². The number of nitrogens with zero attached hydrogens (tertiary/aromatic N) is 3. The van der Waals surface area contributed by atoms with Crippen LogP contribution in [0.3, 0.4) is 0 Å². The molecule has 0 aliphatic heterocycles. The number of aryl methyl sites for hydroxylation is 2. The van der Waals surface area contributed by atoms with E-state index in [1.54, 1.807) is 6.20 Å². The second-order valence-electron chi connectivity index (χ2n) is 3.98. The Balaban J connectivity index is 2.07. The van der Waals surface area contributed by atoms with Crippen LogP contribution in [0, 0.1) is 13.8 Å². The van der Waals surface area contributed by atoms with Gasteiger partial charge in [0.1, 0.15) is 0 Å². The maximum atomic E-state index is 5.38. The summed E-state index contributed by atoms with van der Waals surface area (Å²) in [6.07, 6.45) is 1.79. The predicted molar refractivity (Wildman–Crippen MR) is 68.6 cm³/mol. The molecule has 2 aromatic heterocycles. The van der Waals surface area contributed by atoms with Gasteiger partial charge < -0.3 is 10.1 Å². The molecule has 0 saturated carbocycles. The number of hydrogen-bond acceptors (Lipinski definition) is 5. The van der Waals surface area contributed by atoms with E-state index < -0.39 is 0 Å². The first-order chi connectivity index (χ1) is 8.69. The average molecular weight is 247 g/mol. The Morgan fingerprint density at radius 3 is 2.83 bits per heavy atom. The minimum absolute atomic E-state index is 0.569. The van der Waals surface area contributed by atoms with Crippen LogP contribution in [0.15, 0.2) is 12.3 Å². The van der Waals surface area contributed by atoms with Crippen molar-refractivity contribution in [2.75, 3.05) is 11.9 Å². The van der Waals surface area contributed by atoms with Crippen molar-refractivity contribution in [2.45, 2.75) is 27.3 Å². The maximum Gasteiger partial charge on any atom is 0.226 e. The van der Waals surface area contributed by atoms with E-state index in [2.05, 4.69) is 25.5 Å². The summed E-state index contributed by atoms with van der Waals surface area (Å²) in [5.41, 5.74) is 3.01. The molecular weight excluding hydrogens is 230 g/mol. The highest BCUT2D eigenvalue weighted by atomic mass is 16.5. The molecule has 6 heteroatoms. The molecule has 0 radical (unpaired) electrons. The largest absolute Gasteiger partial charge is 0.478 e. The fourth-order valence-corrected chi connectivity index (χ4v) is 1.57. The zero-order chi connectivity index (χ0) is 13.0. The molecular formula is C12H17N5O. The molecule has 6 nitrogen and oxygen atoms in total. The van der Waals surface area contributed by atoms with Crippen molar-refractivity contribution >= 4 is 5.95 Å². The van der Waals surface area contributed by atoms with Crippen LogP contribution < -0.4 is 10.1 Å². The van der Waals surface area contributed by atoms with Crippen LogP contribution in [0.5, 0.6) is 5.88 Å². The van der Waals surface area contributed by atoms with Gasteiger partial charge in [-0.15, -0.1) is 0 Å². The predicted octanol–water partition coefficient (Wildman–Crippen LogP) is 1.83. The molecule has 2 heterocycles. The number of aromatic nitrogens is 4. The van der Waals surface area contributed by atoms with Crippen molar-refractivity contribution < 1.29 is 4.74 Å². The molecule has 2 N–H and O–H groups in total. The number of H-pyrrole nitrogens is 1. The van der Waals surface area contributed by atoms with E-state index in [1.807, 2.05) is 26.8 Å². The highest BCUT2D eigenvalue weighted by molar-refractivity contribution is 5.32. The zero-order valence-corrected chi connectivity index (χ0v) is 10.8. The fraction of sp³-hybridized carbons (Fsp3) is 0.417. The zero-order valence-electron chi connectivity index (χ0n) is 10.8. The van der Waals surface area contributed by atoms with Gasteiger partial charge in [-0.25, -0.2) is 4.98 Å². The van der Waals surface area contributed by atoms with Gasteiger partial charge in [-0.2, -0.15) is 10.1 Å². The van der Waals surface area contributed by atoms with Gasteiger partial charge >= 0.3 is 0 Å². The lowest BCUT2D eigenvalue weighted by Gasteiger charge is -2.07. The third-order valence-electron chi connectivity index (χ3n) is 2.49. The monoisotopic (exact) mass is 247 g/mol. The van der Waals surface area contributed by atoms with Gasteiger partial charge in [-0.1, -0.05) is 0 Å². The number of hydrogen-bond donors (Lipinski definition) is 2. The van der Waals surface area contributed by atoms with E-state index in [4.69, 9.17) is 4.74 Å². The number of rotatable bonds is 5. The lowest BCUT2D eigenvalue weighted by molar-refractivity contribution is 0.326. The minimum atomic E-state index is 0.569. The van der Waals surface area contributed by atoms with Gasteiger partial charge in [0.15, 0.2) is 0 Å². The summed E-state index contributed by atoms with van der Waals surface area (Å²) in [5.74, 6) is 1.16. The van der Waals surface area contributed by atoms with Crippen LogP contribution >= 0.6 is 0 Å². The first-order valence-corrected chi connectivity index (χ1v) is 5.90. The summed E-state index contributed by atoms with van der Waals surface area (Å²) in [4.78, 5) is 8.59. The third-order valence-corrected chi connectivity index (χ3v) is 2.49. The summed E-state index contributed by atoms with van der Waals surface area (Å²) in [7, 11) is 0. The number of aromatic amines is 1. The van der Waals surface area contributed by atoms with E-state index >= 15 is 0 Å². The number of nitrogens with one attached hydrogen (secondary N) is 2. The molecule has 0 fully saturated rings. The topological polar surface area (TPSA) is 75.7 Å². The van der Waals surface area contributed by atoms with E-state index in [9.17, 15) is 0 Å². The quantitative estimate of drug-likeness (QED) is 0.843. The van der Waals surface area contributed by atoms with Gasteiger partial charge in [-0.3, -0.25) is 5.10 Å². The lowest BCUT2D eigenvalue weighted by Crippen LogP contribution is -2.06. The van der Waals surface area contributed by atoms with Gasteiger partial charge in [0.05, 0.1) is 12.8 Å². The summed E-state index contributed by atoms with van der Waals surface area (Å²) < 4.78 is 5.38. The van der Waals surface area contributed by atoms with Gasteiger partial charge in [0, 0.05) is 29.6 Å². The van der Waals surface area contributed by atoms with Crippen molar-refractivity contribution in [3.05, 3.63) is 29.2 Å². The Labute approximate surface area is 106 Å². The van der Waals surface area contributed by atoms with Gasteiger partial charge in [0.2, 0.25) is 11.8 Å². The second-order valence-corrected chi connectivity index (χ2v) is 3.98. The lowest BCUT2D eigenvalue weighted by atomic mass is 10.3. The van der Waals surface area contributed by atoms with E-state index in [1.165, 1.54) is 0 Å². The number of ether oxygens (including phenoxy) is 1. The van der Waals surface area contributed by atoms with Crippen LogP contribution in [0.25, 0.3) is 0 Å². The molecule has 0 aromatic carbocycles. The standard InChI is InChI=1S/C12H17N5O/c1-4-18-11-5-8(2)15-12(16-11)13-6-10-7-14-17-9(10)3/h5,7H,4,6H2,1-3H3,(H,14,17)(H,13,15,16). The van der Waals surface area contributed by atoms with Crippen LogP contribution in [-0.2, 0) is 6.54 Å². The molecule has 96 valence electrons. The Morgan fingerprint density at radius 1 is 1.33 bits per heavy atom.